The number of hydrogen-bond donors (Lipinski definition) is 1. The minimum atomic E-state index is -0.730. The van der Waals surface area contributed by atoms with Gasteiger partial charge in [-0.05, 0) is 25.0 Å². The van der Waals surface area contributed by atoms with Gasteiger partial charge < -0.3 is 14.6 Å². The van der Waals surface area contributed by atoms with Crippen LogP contribution in [-0.4, -0.2) is 29.9 Å². The summed E-state index contributed by atoms with van der Waals surface area (Å²) in [6, 6.07) is 3.60. The van der Waals surface area contributed by atoms with Crippen LogP contribution in [0.1, 0.15) is 37.5 Å². The number of hydrogen-bond acceptors (Lipinski definition) is 4. The van der Waals surface area contributed by atoms with Crippen molar-refractivity contribution in [2.24, 2.45) is 0 Å². The highest BCUT2D eigenvalue weighted by molar-refractivity contribution is 5.30. The second-order valence-electron chi connectivity index (χ2n) is 4.47. The Bertz CT molecular complexity index is 375. The summed E-state index contributed by atoms with van der Waals surface area (Å²) in [4.78, 5) is 4.23. The molecule has 0 spiro atoms. The van der Waals surface area contributed by atoms with Crippen molar-refractivity contribution < 1.29 is 14.6 Å². The third kappa shape index (κ3) is 2.15. The fourth-order valence-electron chi connectivity index (χ4n) is 2.59. The van der Waals surface area contributed by atoms with Crippen LogP contribution in [0.3, 0.4) is 0 Å². The van der Waals surface area contributed by atoms with Crippen molar-refractivity contribution in [2.45, 2.75) is 37.4 Å². The summed E-state index contributed by atoms with van der Waals surface area (Å²) in [7, 11) is 3.24. The lowest BCUT2D eigenvalue weighted by Crippen LogP contribution is -2.36. The molecule has 0 amide bonds. The van der Waals surface area contributed by atoms with Gasteiger partial charge in [-0.1, -0.05) is 12.8 Å². The minimum Gasteiger partial charge on any atom is -0.495 e. The van der Waals surface area contributed by atoms with Gasteiger partial charge in [-0.2, -0.15) is 0 Å². The van der Waals surface area contributed by atoms with Crippen LogP contribution in [0.15, 0.2) is 18.3 Å². The van der Waals surface area contributed by atoms with E-state index in [4.69, 9.17) is 9.47 Å². The standard InChI is InChI=1S/C13H19NO3/c1-16-10-6-5-9-14-11(10)12(15)13(17-2)7-3-4-8-13/h5-6,9,12,15H,3-4,7-8H2,1-2H3. The molecule has 0 aliphatic heterocycles. The van der Waals surface area contributed by atoms with Gasteiger partial charge in [-0.25, -0.2) is 0 Å². The zero-order valence-electron chi connectivity index (χ0n) is 10.3. The van der Waals surface area contributed by atoms with E-state index in [9.17, 15) is 5.11 Å². The van der Waals surface area contributed by atoms with E-state index in [0.717, 1.165) is 25.7 Å². The Morgan fingerprint density at radius 2 is 2.06 bits per heavy atom. The van der Waals surface area contributed by atoms with E-state index in [0.29, 0.717) is 11.4 Å². The van der Waals surface area contributed by atoms with E-state index in [2.05, 4.69) is 4.98 Å². The van der Waals surface area contributed by atoms with E-state index in [-0.39, 0.29) is 0 Å². The van der Waals surface area contributed by atoms with Gasteiger partial charge in [0.05, 0.1) is 12.7 Å². The molecule has 4 nitrogen and oxygen atoms in total. The summed E-state index contributed by atoms with van der Waals surface area (Å²) < 4.78 is 10.8. The van der Waals surface area contributed by atoms with Crippen LogP contribution >= 0.6 is 0 Å². The molecule has 0 aromatic carbocycles. The molecule has 94 valence electrons. The second kappa shape index (κ2) is 5.02. The average Bonchev–Trinajstić information content (AvgIpc) is 2.88. The largest absolute Gasteiger partial charge is 0.495 e. The number of aliphatic hydroxyl groups is 1. The zero-order chi connectivity index (χ0) is 12.3. The van der Waals surface area contributed by atoms with Crippen molar-refractivity contribution in [1.82, 2.24) is 4.98 Å². The zero-order valence-corrected chi connectivity index (χ0v) is 10.3. The fraction of sp³-hybridized carbons (Fsp3) is 0.615. The molecule has 1 atom stereocenters. The Morgan fingerprint density at radius 3 is 2.65 bits per heavy atom. The number of methoxy groups -OCH3 is 2. The second-order valence-corrected chi connectivity index (χ2v) is 4.47. The molecule has 1 aromatic rings. The van der Waals surface area contributed by atoms with Gasteiger partial charge in [-0.3, -0.25) is 4.98 Å². The molecule has 0 bridgehead atoms. The third-order valence-electron chi connectivity index (χ3n) is 3.63. The van der Waals surface area contributed by atoms with Crippen LogP contribution in [-0.2, 0) is 4.74 Å². The van der Waals surface area contributed by atoms with E-state index >= 15 is 0 Å². The molecule has 1 aliphatic rings. The molecule has 4 heteroatoms. The first-order valence-corrected chi connectivity index (χ1v) is 5.95. The molecular formula is C13H19NO3. The van der Waals surface area contributed by atoms with Gasteiger partial charge in [0.25, 0.3) is 0 Å². The van der Waals surface area contributed by atoms with Crippen LogP contribution in [0.4, 0.5) is 0 Å². The van der Waals surface area contributed by atoms with E-state index < -0.39 is 11.7 Å². The lowest BCUT2D eigenvalue weighted by molar-refractivity contribution is -0.102. The maximum absolute atomic E-state index is 10.5. The Kier molecular flexibility index (Phi) is 3.64. The van der Waals surface area contributed by atoms with Crippen molar-refractivity contribution >= 4 is 0 Å². The highest BCUT2D eigenvalue weighted by Gasteiger charge is 2.43. The van der Waals surface area contributed by atoms with Gasteiger partial charge in [0.1, 0.15) is 17.5 Å². The summed E-state index contributed by atoms with van der Waals surface area (Å²) in [5, 5.41) is 10.5. The molecule has 1 aromatic heterocycles. The van der Waals surface area contributed by atoms with Gasteiger partial charge in [0, 0.05) is 13.3 Å². The predicted molar refractivity (Wildman–Crippen MR) is 64.0 cm³/mol. The highest BCUT2D eigenvalue weighted by atomic mass is 16.5. The Balaban J connectivity index is 2.32. The van der Waals surface area contributed by atoms with Crippen molar-refractivity contribution in [3.63, 3.8) is 0 Å². The first-order chi connectivity index (χ1) is 8.23. The maximum atomic E-state index is 10.5. The molecule has 1 N–H and O–H groups in total. The SMILES string of the molecule is COc1cccnc1C(O)C1(OC)CCCC1. The topological polar surface area (TPSA) is 51.6 Å². The number of aliphatic hydroxyl groups excluding tert-OH is 1. The lowest BCUT2D eigenvalue weighted by atomic mass is 9.91. The summed E-state index contributed by atoms with van der Waals surface area (Å²) >= 11 is 0. The van der Waals surface area contributed by atoms with Crippen LogP contribution in [0.2, 0.25) is 0 Å². The minimum absolute atomic E-state index is 0.498. The number of rotatable bonds is 4. The number of aromatic nitrogens is 1. The number of pyridine rings is 1. The molecule has 1 saturated carbocycles. The fourth-order valence-corrected chi connectivity index (χ4v) is 2.59. The smallest absolute Gasteiger partial charge is 0.143 e. The maximum Gasteiger partial charge on any atom is 0.143 e. The quantitative estimate of drug-likeness (QED) is 0.871. The monoisotopic (exact) mass is 237 g/mol. The summed E-state index contributed by atoms with van der Waals surface area (Å²) in [6.07, 6.45) is 4.83. The first-order valence-electron chi connectivity index (χ1n) is 5.95. The van der Waals surface area contributed by atoms with Gasteiger partial charge in [-0.15, -0.1) is 0 Å². The van der Waals surface area contributed by atoms with Crippen molar-refractivity contribution in [3.05, 3.63) is 24.0 Å². The summed E-state index contributed by atoms with van der Waals surface area (Å²) in [5.41, 5.74) is 0.0699. The average molecular weight is 237 g/mol. The highest BCUT2D eigenvalue weighted by Crippen LogP contribution is 2.43. The van der Waals surface area contributed by atoms with Gasteiger partial charge in [0.2, 0.25) is 0 Å². The molecule has 2 rings (SSSR count). The molecule has 1 unspecified atom stereocenters. The first kappa shape index (κ1) is 12.3. The molecular weight excluding hydrogens is 218 g/mol. The van der Waals surface area contributed by atoms with Crippen LogP contribution < -0.4 is 4.74 Å². The summed E-state index contributed by atoms with van der Waals surface area (Å²) in [6.45, 7) is 0. The van der Waals surface area contributed by atoms with E-state index in [1.165, 1.54) is 0 Å². The molecule has 0 saturated heterocycles. The third-order valence-corrected chi connectivity index (χ3v) is 3.63. The van der Waals surface area contributed by atoms with Gasteiger partial charge in [0.15, 0.2) is 0 Å². The van der Waals surface area contributed by atoms with E-state index in [1.807, 2.05) is 6.07 Å². The number of ether oxygens (including phenoxy) is 2. The molecule has 17 heavy (non-hydrogen) atoms. The Morgan fingerprint density at radius 1 is 1.35 bits per heavy atom. The molecule has 0 radical (unpaired) electrons. The summed E-state index contributed by atoms with van der Waals surface area (Å²) in [5.74, 6) is 0.614. The van der Waals surface area contributed by atoms with Crippen molar-refractivity contribution in [1.29, 1.82) is 0 Å². The normalized spacial score (nSPS) is 20.2. The lowest BCUT2D eigenvalue weighted by Gasteiger charge is -2.32. The number of nitrogens with zero attached hydrogens (tertiary/aromatic N) is 1. The predicted octanol–water partition coefficient (Wildman–Crippen LogP) is 2.08. The van der Waals surface area contributed by atoms with Crippen LogP contribution in [0.25, 0.3) is 0 Å². The Hall–Kier alpha value is -1.13. The van der Waals surface area contributed by atoms with Crippen molar-refractivity contribution in [3.8, 4) is 5.75 Å². The van der Waals surface area contributed by atoms with Crippen LogP contribution in [0.5, 0.6) is 5.75 Å². The van der Waals surface area contributed by atoms with Crippen LogP contribution in [0, 0.1) is 0 Å². The Labute approximate surface area is 102 Å². The molecule has 1 heterocycles. The molecule has 1 fully saturated rings. The van der Waals surface area contributed by atoms with E-state index in [1.54, 1.807) is 26.5 Å². The van der Waals surface area contributed by atoms with Crippen molar-refractivity contribution in [2.75, 3.05) is 14.2 Å². The van der Waals surface area contributed by atoms with Gasteiger partial charge >= 0.3 is 0 Å². The molecule has 1 aliphatic carbocycles.